The lowest BCUT2D eigenvalue weighted by atomic mass is 9.55. The zero-order valence-electron chi connectivity index (χ0n) is 11.3. The predicted octanol–water partition coefficient (Wildman–Crippen LogP) is 2.50. The van der Waals surface area contributed by atoms with Crippen LogP contribution >= 0.6 is 0 Å². The molecule has 4 heteroatoms. The molecule has 1 aromatic carbocycles. The molecule has 0 bridgehead atoms. The Morgan fingerprint density at radius 1 is 1.40 bits per heavy atom. The van der Waals surface area contributed by atoms with Gasteiger partial charge in [0.15, 0.2) is 5.78 Å². The number of likely N-dealkylation sites (tertiary alicyclic amines) is 1. The number of ether oxygens (including phenoxy) is 1. The van der Waals surface area contributed by atoms with Crippen molar-refractivity contribution in [1.29, 1.82) is 0 Å². The number of allylic oxidation sites excluding steroid dienone is 2. The average Bonchev–Trinajstić information content (AvgIpc) is 2.67. The van der Waals surface area contributed by atoms with Crippen LogP contribution in [0, 0.1) is 5.92 Å². The van der Waals surface area contributed by atoms with Gasteiger partial charge in [-0.15, -0.1) is 0 Å². The predicted molar refractivity (Wildman–Crippen MR) is 72.4 cm³/mol. The molecule has 1 aromatic rings. The number of methoxy groups -OCH3 is 1. The monoisotopic (exact) mass is 269 g/mol. The Hall–Kier alpha value is -2.10. The van der Waals surface area contributed by atoms with E-state index in [0.29, 0.717) is 12.5 Å². The summed E-state index contributed by atoms with van der Waals surface area (Å²) in [6.07, 6.45) is 3.37. The van der Waals surface area contributed by atoms with Crippen molar-refractivity contribution in [3.8, 4) is 0 Å². The number of nitrogens with zero attached hydrogens (tertiary/aromatic N) is 1. The summed E-state index contributed by atoms with van der Waals surface area (Å²) in [5.41, 5.74) is 2.57. The smallest absolute Gasteiger partial charge is 0.413 e. The van der Waals surface area contributed by atoms with Gasteiger partial charge >= 0.3 is 6.09 Å². The van der Waals surface area contributed by atoms with Gasteiger partial charge in [-0.3, -0.25) is 9.69 Å². The second-order valence-electron chi connectivity index (χ2n) is 5.73. The molecular formula is C16H15NO3. The van der Waals surface area contributed by atoms with E-state index in [1.54, 1.807) is 11.0 Å². The van der Waals surface area contributed by atoms with Gasteiger partial charge in [0.05, 0.1) is 7.11 Å². The number of hydrogen-bond donors (Lipinski definition) is 0. The molecule has 4 rings (SSSR count). The first-order chi connectivity index (χ1) is 9.68. The number of hydrogen-bond acceptors (Lipinski definition) is 3. The van der Waals surface area contributed by atoms with Crippen LogP contribution in [0.1, 0.15) is 28.8 Å². The van der Waals surface area contributed by atoms with E-state index in [4.69, 9.17) is 4.74 Å². The van der Waals surface area contributed by atoms with Crippen LogP contribution < -0.4 is 0 Å². The number of ketones is 1. The molecule has 1 saturated carbocycles. The summed E-state index contributed by atoms with van der Waals surface area (Å²) < 4.78 is 4.86. The van der Waals surface area contributed by atoms with Crippen LogP contribution in [-0.4, -0.2) is 30.4 Å². The molecule has 2 atom stereocenters. The molecule has 1 aliphatic heterocycles. The molecule has 1 heterocycles. The van der Waals surface area contributed by atoms with E-state index in [9.17, 15) is 9.59 Å². The van der Waals surface area contributed by atoms with Crippen LogP contribution in [0.15, 0.2) is 36.0 Å². The number of benzene rings is 1. The zero-order chi connectivity index (χ0) is 13.9. The largest absolute Gasteiger partial charge is 0.452 e. The second-order valence-corrected chi connectivity index (χ2v) is 5.73. The molecule has 2 unspecified atom stereocenters. The summed E-state index contributed by atoms with van der Waals surface area (Å²) in [5.74, 6) is 0.393. The molecule has 2 fully saturated rings. The Labute approximate surface area is 117 Å². The highest BCUT2D eigenvalue weighted by Gasteiger charge is 2.61. The number of carbonyl (C=O) groups is 2. The summed E-state index contributed by atoms with van der Waals surface area (Å²) in [4.78, 5) is 25.9. The van der Waals surface area contributed by atoms with E-state index in [-0.39, 0.29) is 17.3 Å². The van der Waals surface area contributed by atoms with Crippen molar-refractivity contribution in [2.24, 2.45) is 5.92 Å². The van der Waals surface area contributed by atoms with Crippen LogP contribution in [-0.2, 0) is 10.2 Å². The summed E-state index contributed by atoms with van der Waals surface area (Å²) in [6.45, 7) is 0.653. The molecule has 2 aliphatic carbocycles. The van der Waals surface area contributed by atoms with E-state index in [1.807, 2.05) is 24.3 Å². The number of rotatable bonds is 0. The Kier molecular flexibility index (Phi) is 2.18. The van der Waals surface area contributed by atoms with Gasteiger partial charge in [-0.2, -0.15) is 0 Å². The molecule has 1 saturated heterocycles. The summed E-state index contributed by atoms with van der Waals surface area (Å²) >= 11 is 0. The van der Waals surface area contributed by atoms with Gasteiger partial charge in [0, 0.05) is 29.3 Å². The van der Waals surface area contributed by atoms with E-state index in [0.717, 1.165) is 29.7 Å². The van der Waals surface area contributed by atoms with Crippen molar-refractivity contribution in [1.82, 2.24) is 4.90 Å². The summed E-state index contributed by atoms with van der Waals surface area (Å²) in [6, 6.07) is 7.79. The van der Waals surface area contributed by atoms with Gasteiger partial charge in [0.1, 0.15) is 0 Å². The molecule has 0 radical (unpaired) electrons. The van der Waals surface area contributed by atoms with Crippen molar-refractivity contribution in [3.63, 3.8) is 0 Å². The molecule has 4 nitrogen and oxygen atoms in total. The van der Waals surface area contributed by atoms with Crippen molar-refractivity contribution in [2.45, 2.75) is 18.3 Å². The standard InChI is InChI=1S/C16H15NO3/c1-20-15(19)17-9-10-6-7-16(10)12-5-3-2-4-11(12)13(18)8-14(16)17/h2-5,8,10H,6-7,9H2,1H3. The highest BCUT2D eigenvalue weighted by Crippen LogP contribution is 2.61. The van der Waals surface area contributed by atoms with Gasteiger partial charge in [-0.25, -0.2) is 4.79 Å². The minimum atomic E-state index is -0.364. The van der Waals surface area contributed by atoms with Crippen molar-refractivity contribution >= 4 is 11.9 Å². The van der Waals surface area contributed by atoms with Gasteiger partial charge < -0.3 is 4.74 Å². The number of carbonyl (C=O) groups excluding carboxylic acids is 2. The summed E-state index contributed by atoms with van der Waals surface area (Å²) in [5, 5.41) is 0. The van der Waals surface area contributed by atoms with Crippen LogP contribution in [0.3, 0.4) is 0 Å². The van der Waals surface area contributed by atoms with Gasteiger partial charge in [-0.05, 0) is 24.3 Å². The molecule has 102 valence electrons. The first-order valence-electron chi connectivity index (χ1n) is 6.90. The average molecular weight is 269 g/mol. The fraction of sp³-hybridized carbons (Fsp3) is 0.375. The Morgan fingerprint density at radius 2 is 2.20 bits per heavy atom. The van der Waals surface area contributed by atoms with Gasteiger partial charge in [0.2, 0.25) is 0 Å². The van der Waals surface area contributed by atoms with Crippen LogP contribution in [0.5, 0.6) is 0 Å². The lowest BCUT2D eigenvalue weighted by Gasteiger charge is -2.47. The normalized spacial score (nSPS) is 29.9. The molecule has 0 N–H and O–H groups in total. The summed E-state index contributed by atoms with van der Waals surface area (Å²) in [7, 11) is 1.38. The Morgan fingerprint density at radius 3 is 2.90 bits per heavy atom. The maximum atomic E-state index is 12.3. The molecule has 1 spiro atoms. The van der Waals surface area contributed by atoms with E-state index in [1.165, 1.54) is 7.11 Å². The Bertz CT molecular complexity index is 663. The van der Waals surface area contributed by atoms with Crippen LogP contribution in [0.2, 0.25) is 0 Å². The zero-order valence-corrected chi connectivity index (χ0v) is 11.3. The van der Waals surface area contributed by atoms with Gasteiger partial charge in [0.25, 0.3) is 0 Å². The third-order valence-corrected chi connectivity index (χ3v) is 5.07. The Balaban J connectivity index is 1.91. The van der Waals surface area contributed by atoms with E-state index in [2.05, 4.69) is 0 Å². The first-order valence-corrected chi connectivity index (χ1v) is 6.90. The fourth-order valence-electron chi connectivity index (χ4n) is 4.05. The SMILES string of the molecule is COC(=O)N1CC2CCC23C1=CC(=O)c1ccccc13. The first kappa shape index (κ1) is 11.7. The van der Waals surface area contributed by atoms with Gasteiger partial charge in [-0.1, -0.05) is 24.3 Å². The third kappa shape index (κ3) is 1.17. The fourth-order valence-corrected chi connectivity index (χ4v) is 4.05. The minimum Gasteiger partial charge on any atom is -0.452 e. The van der Waals surface area contributed by atoms with Crippen molar-refractivity contribution in [2.75, 3.05) is 13.7 Å². The van der Waals surface area contributed by atoms with E-state index < -0.39 is 0 Å². The second kappa shape index (κ2) is 3.72. The maximum absolute atomic E-state index is 12.3. The van der Waals surface area contributed by atoms with Crippen LogP contribution in [0.25, 0.3) is 0 Å². The molecule has 0 aromatic heterocycles. The minimum absolute atomic E-state index is 0.0114. The maximum Gasteiger partial charge on any atom is 0.413 e. The molecule has 3 aliphatic rings. The van der Waals surface area contributed by atoms with E-state index >= 15 is 0 Å². The van der Waals surface area contributed by atoms with Crippen molar-refractivity contribution < 1.29 is 14.3 Å². The topological polar surface area (TPSA) is 46.6 Å². The highest BCUT2D eigenvalue weighted by molar-refractivity contribution is 6.08. The highest BCUT2D eigenvalue weighted by atomic mass is 16.5. The lowest BCUT2D eigenvalue weighted by molar-refractivity contribution is 0.102. The molecular weight excluding hydrogens is 254 g/mol. The quantitative estimate of drug-likeness (QED) is 0.727. The molecule has 20 heavy (non-hydrogen) atoms. The lowest BCUT2D eigenvalue weighted by Crippen LogP contribution is -2.45. The number of fused-ring (bicyclic) bond motifs is 1. The van der Waals surface area contributed by atoms with Crippen LogP contribution in [0.4, 0.5) is 4.79 Å². The number of amides is 1. The third-order valence-electron chi connectivity index (χ3n) is 5.07. The molecule has 1 amide bonds. The van der Waals surface area contributed by atoms with Crippen molar-refractivity contribution in [3.05, 3.63) is 47.2 Å².